The van der Waals surface area contributed by atoms with Crippen LogP contribution < -0.4 is 10.6 Å². The highest BCUT2D eigenvalue weighted by Crippen LogP contribution is 2.38. The van der Waals surface area contributed by atoms with Crippen molar-refractivity contribution in [3.8, 4) is 0 Å². The molecule has 0 bridgehead atoms. The maximum absolute atomic E-state index is 5.90. The zero-order valence-electron chi connectivity index (χ0n) is 10.3. The summed E-state index contributed by atoms with van der Waals surface area (Å²) in [6.45, 7) is 1.11. The smallest absolute Gasteiger partial charge is 0.180 e. The molecular weight excluding hydrogens is 226 g/mol. The molecule has 0 saturated heterocycles. The van der Waals surface area contributed by atoms with Crippen molar-refractivity contribution in [3.05, 3.63) is 18.6 Å². The molecule has 0 radical (unpaired) electrons. The Labute approximate surface area is 106 Å². The Morgan fingerprint density at radius 3 is 2.89 bits per heavy atom. The van der Waals surface area contributed by atoms with Crippen molar-refractivity contribution in [2.45, 2.75) is 31.7 Å². The van der Waals surface area contributed by atoms with E-state index in [9.17, 15) is 0 Å². The van der Waals surface area contributed by atoms with Gasteiger partial charge in [0, 0.05) is 25.0 Å². The van der Waals surface area contributed by atoms with E-state index < -0.39 is 0 Å². The van der Waals surface area contributed by atoms with Gasteiger partial charge in [-0.2, -0.15) is 0 Å². The second kappa shape index (κ2) is 3.60. The summed E-state index contributed by atoms with van der Waals surface area (Å²) >= 11 is 0. The summed E-state index contributed by atoms with van der Waals surface area (Å²) in [6, 6.07) is 0.653. The number of rotatable bonds is 4. The Bertz CT molecular complexity index is 582. The van der Waals surface area contributed by atoms with Crippen molar-refractivity contribution in [2.75, 3.05) is 17.2 Å². The normalized spacial score (nSPS) is 19.3. The van der Waals surface area contributed by atoms with Crippen LogP contribution in [0.2, 0.25) is 0 Å². The van der Waals surface area contributed by atoms with Gasteiger partial charge in [-0.3, -0.25) is 0 Å². The summed E-state index contributed by atoms with van der Waals surface area (Å²) < 4.78 is 1.97. The summed E-state index contributed by atoms with van der Waals surface area (Å²) in [5.74, 6) is 2.38. The summed E-state index contributed by atoms with van der Waals surface area (Å²) in [5, 5.41) is 0. The molecule has 5 heteroatoms. The minimum absolute atomic E-state index is 0.567. The fraction of sp³-hybridized carbons (Fsp3) is 0.538. The molecule has 0 aromatic carbocycles. The fourth-order valence-corrected chi connectivity index (χ4v) is 2.50. The minimum Gasteiger partial charge on any atom is -0.382 e. The van der Waals surface area contributed by atoms with Crippen molar-refractivity contribution in [1.29, 1.82) is 0 Å². The molecule has 2 aliphatic rings. The van der Waals surface area contributed by atoms with Gasteiger partial charge in [0.1, 0.15) is 5.82 Å². The van der Waals surface area contributed by atoms with Crippen LogP contribution in [0.1, 0.15) is 25.7 Å². The van der Waals surface area contributed by atoms with Gasteiger partial charge in [-0.25, -0.2) is 9.97 Å². The van der Waals surface area contributed by atoms with Gasteiger partial charge in [-0.15, -0.1) is 0 Å². The number of nitrogens with two attached hydrogens (primary N) is 1. The van der Waals surface area contributed by atoms with E-state index in [1.165, 1.54) is 25.7 Å². The third-order valence-electron chi connectivity index (χ3n) is 3.79. The van der Waals surface area contributed by atoms with Crippen LogP contribution in [-0.2, 0) is 0 Å². The molecule has 2 N–H and O–H groups in total. The van der Waals surface area contributed by atoms with E-state index in [0.29, 0.717) is 11.9 Å². The summed E-state index contributed by atoms with van der Waals surface area (Å²) in [6.07, 6.45) is 10.8. The molecule has 2 saturated carbocycles. The van der Waals surface area contributed by atoms with E-state index in [-0.39, 0.29) is 0 Å². The van der Waals surface area contributed by atoms with Gasteiger partial charge >= 0.3 is 0 Å². The van der Waals surface area contributed by atoms with Gasteiger partial charge in [0.25, 0.3) is 0 Å². The average Bonchev–Trinajstić information content (AvgIpc) is 3.24. The van der Waals surface area contributed by atoms with Crippen molar-refractivity contribution in [1.82, 2.24) is 14.4 Å². The molecule has 94 valence electrons. The second-order valence-electron chi connectivity index (χ2n) is 5.47. The van der Waals surface area contributed by atoms with E-state index in [1.54, 1.807) is 0 Å². The van der Waals surface area contributed by atoms with Gasteiger partial charge in [-0.05, 0) is 31.6 Å². The molecule has 0 aliphatic heterocycles. The maximum Gasteiger partial charge on any atom is 0.180 e. The number of hydrogen-bond donors (Lipinski definition) is 1. The molecule has 2 aliphatic carbocycles. The van der Waals surface area contributed by atoms with Gasteiger partial charge in [0.15, 0.2) is 11.5 Å². The Hall–Kier alpha value is -1.78. The molecule has 2 heterocycles. The maximum atomic E-state index is 5.90. The highest BCUT2D eigenvalue weighted by atomic mass is 15.3. The summed E-state index contributed by atoms with van der Waals surface area (Å²) in [5.41, 5.74) is 6.83. The van der Waals surface area contributed by atoms with Gasteiger partial charge in [-0.1, -0.05) is 0 Å². The van der Waals surface area contributed by atoms with Gasteiger partial charge in [0.2, 0.25) is 0 Å². The number of imidazole rings is 1. The van der Waals surface area contributed by atoms with Gasteiger partial charge < -0.3 is 15.0 Å². The lowest BCUT2D eigenvalue weighted by Crippen LogP contribution is -2.29. The van der Waals surface area contributed by atoms with Gasteiger partial charge in [0.05, 0.1) is 6.20 Å². The fourth-order valence-electron chi connectivity index (χ4n) is 2.50. The third kappa shape index (κ3) is 1.70. The number of fused-ring (bicyclic) bond motifs is 1. The van der Waals surface area contributed by atoms with Crippen LogP contribution >= 0.6 is 0 Å². The van der Waals surface area contributed by atoms with Crippen LogP contribution in [0.5, 0.6) is 0 Å². The van der Waals surface area contributed by atoms with Crippen molar-refractivity contribution in [3.63, 3.8) is 0 Å². The second-order valence-corrected chi connectivity index (χ2v) is 5.47. The molecule has 2 aromatic rings. The lowest BCUT2D eigenvalue weighted by molar-refractivity contribution is 0.709. The lowest BCUT2D eigenvalue weighted by Gasteiger charge is -2.24. The number of hydrogen-bond acceptors (Lipinski definition) is 4. The predicted molar refractivity (Wildman–Crippen MR) is 70.5 cm³/mol. The Morgan fingerprint density at radius 1 is 1.33 bits per heavy atom. The standard InChI is InChI=1S/C13H17N5/c14-11-8-17-6-5-15-12(17)13(16-11)18(10-3-4-10)7-9-1-2-9/h5-6,8-10H,1-4,7,14H2. The molecular formula is C13H17N5. The Balaban J connectivity index is 1.79. The van der Waals surface area contributed by atoms with Crippen molar-refractivity contribution < 1.29 is 0 Å². The van der Waals surface area contributed by atoms with Crippen LogP contribution in [0, 0.1) is 5.92 Å². The van der Waals surface area contributed by atoms with E-state index in [1.807, 2.05) is 23.0 Å². The molecule has 2 fully saturated rings. The topological polar surface area (TPSA) is 59.5 Å². The first-order valence-corrected chi connectivity index (χ1v) is 6.67. The van der Waals surface area contributed by atoms with E-state index in [4.69, 9.17) is 5.73 Å². The SMILES string of the molecule is Nc1cn2ccnc2c(N(CC2CC2)C2CC2)n1. The minimum atomic E-state index is 0.567. The molecule has 18 heavy (non-hydrogen) atoms. The molecule has 0 atom stereocenters. The predicted octanol–water partition coefficient (Wildman–Crippen LogP) is 1.69. The van der Waals surface area contributed by atoms with E-state index >= 15 is 0 Å². The molecule has 0 spiro atoms. The Morgan fingerprint density at radius 2 is 2.17 bits per heavy atom. The van der Waals surface area contributed by atoms with Crippen molar-refractivity contribution >= 4 is 17.3 Å². The molecule has 4 rings (SSSR count). The molecule has 2 aromatic heterocycles. The zero-order valence-corrected chi connectivity index (χ0v) is 10.3. The summed E-state index contributed by atoms with van der Waals surface area (Å²) in [4.78, 5) is 11.4. The monoisotopic (exact) mass is 243 g/mol. The van der Waals surface area contributed by atoms with E-state index in [0.717, 1.165) is 23.9 Å². The summed E-state index contributed by atoms with van der Waals surface area (Å²) in [7, 11) is 0. The zero-order chi connectivity index (χ0) is 12.1. The number of aromatic nitrogens is 3. The number of anilines is 2. The number of nitrogen functional groups attached to an aromatic ring is 1. The lowest BCUT2D eigenvalue weighted by atomic mass is 10.3. The first kappa shape index (κ1) is 10.2. The first-order valence-electron chi connectivity index (χ1n) is 6.67. The molecule has 0 amide bonds. The van der Waals surface area contributed by atoms with Crippen LogP contribution in [-0.4, -0.2) is 27.0 Å². The van der Waals surface area contributed by atoms with Crippen LogP contribution in [0.15, 0.2) is 18.6 Å². The highest BCUT2D eigenvalue weighted by Gasteiger charge is 2.35. The number of nitrogens with zero attached hydrogens (tertiary/aromatic N) is 4. The van der Waals surface area contributed by atoms with E-state index in [2.05, 4.69) is 14.9 Å². The first-order chi connectivity index (χ1) is 8.81. The third-order valence-corrected chi connectivity index (χ3v) is 3.79. The largest absolute Gasteiger partial charge is 0.382 e. The van der Waals surface area contributed by atoms with Crippen molar-refractivity contribution in [2.24, 2.45) is 5.92 Å². The molecule has 5 nitrogen and oxygen atoms in total. The van der Waals surface area contributed by atoms with Crippen LogP contribution in [0.4, 0.5) is 11.6 Å². The highest BCUT2D eigenvalue weighted by molar-refractivity contribution is 5.67. The van der Waals surface area contributed by atoms with Crippen LogP contribution in [0.3, 0.4) is 0 Å². The average molecular weight is 243 g/mol. The Kier molecular flexibility index (Phi) is 2.04. The van der Waals surface area contributed by atoms with Crippen LogP contribution in [0.25, 0.3) is 5.65 Å². The molecule has 0 unspecified atom stereocenters. The quantitative estimate of drug-likeness (QED) is 0.887.